The highest BCUT2D eigenvalue weighted by atomic mass is 32.1. The van der Waals surface area contributed by atoms with Gasteiger partial charge < -0.3 is 0 Å². The fourth-order valence-corrected chi connectivity index (χ4v) is 2.12. The third kappa shape index (κ3) is 1.59. The average Bonchev–Trinajstić information content (AvgIpc) is 2.65. The molecule has 70 valence electrons. The molecule has 0 spiro atoms. The van der Waals surface area contributed by atoms with E-state index in [-0.39, 0.29) is 0 Å². The molecular weight excluding hydrogens is 194 g/mol. The Labute approximate surface area is 86.4 Å². The number of hydrogen-bond donors (Lipinski definition) is 0. The summed E-state index contributed by atoms with van der Waals surface area (Å²) in [4.78, 5) is 11.8. The van der Waals surface area contributed by atoms with Crippen molar-refractivity contribution >= 4 is 17.8 Å². The molecule has 0 fully saturated rings. The number of aldehydes is 1. The summed E-state index contributed by atoms with van der Waals surface area (Å²) in [6, 6.07) is 9.54. The molecule has 0 atom stereocenters. The number of aryl methyl sites for hydroxylation is 1. The first-order chi connectivity index (χ1) is 6.81. The quantitative estimate of drug-likeness (QED) is 0.702. The van der Waals surface area contributed by atoms with E-state index in [9.17, 15) is 4.79 Å². The molecule has 0 saturated carbocycles. The van der Waals surface area contributed by atoms with Crippen LogP contribution in [-0.4, -0.2) is 10.7 Å². The summed E-state index contributed by atoms with van der Waals surface area (Å²) in [7, 11) is 0. The number of carbonyl (C=O) groups excluding carboxylic acids is 1. The lowest BCUT2D eigenvalue weighted by Crippen LogP contribution is -1.83. The van der Waals surface area contributed by atoms with Gasteiger partial charge in [0.2, 0.25) is 0 Å². The van der Waals surface area contributed by atoms with E-state index in [0.717, 1.165) is 28.0 Å². The van der Waals surface area contributed by atoms with Crippen molar-refractivity contribution in [3.05, 3.63) is 41.6 Å². The van der Waals surface area contributed by atoms with Gasteiger partial charge in [-0.05, 0) is 24.5 Å². The van der Waals surface area contributed by atoms with Crippen molar-refractivity contribution in [1.29, 1.82) is 0 Å². The summed E-state index contributed by atoms with van der Waals surface area (Å²) in [5.74, 6) is 0. The van der Waals surface area contributed by atoms with E-state index < -0.39 is 0 Å². The van der Waals surface area contributed by atoms with Gasteiger partial charge in [0.1, 0.15) is 0 Å². The van der Waals surface area contributed by atoms with Crippen LogP contribution in [0.15, 0.2) is 30.3 Å². The zero-order chi connectivity index (χ0) is 9.97. The van der Waals surface area contributed by atoms with Crippen LogP contribution < -0.4 is 0 Å². The molecule has 1 heterocycles. The van der Waals surface area contributed by atoms with Crippen LogP contribution in [0.4, 0.5) is 0 Å². The molecule has 2 nitrogen and oxygen atoms in total. The normalized spacial score (nSPS) is 10.1. The summed E-state index contributed by atoms with van der Waals surface area (Å²) >= 11 is 1.42. The molecule has 0 aliphatic rings. The number of hydrogen-bond acceptors (Lipinski definition) is 3. The molecule has 2 rings (SSSR count). The fourth-order valence-electron chi connectivity index (χ4n) is 1.31. The average molecular weight is 203 g/mol. The van der Waals surface area contributed by atoms with Crippen LogP contribution in [0.3, 0.4) is 0 Å². The maximum atomic E-state index is 10.8. The molecular formula is C11H9NOS. The maximum absolute atomic E-state index is 10.8. The van der Waals surface area contributed by atoms with Gasteiger partial charge in [0, 0.05) is 11.1 Å². The largest absolute Gasteiger partial charge is 0.298 e. The monoisotopic (exact) mass is 203 g/mol. The molecule has 1 aromatic carbocycles. The lowest BCUT2D eigenvalue weighted by Gasteiger charge is -1.98. The molecule has 0 aliphatic carbocycles. The molecule has 0 radical (unpaired) electrons. The van der Waals surface area contributed by atoms with E-state index >= 15 is 0 Å². The third-order valence-electron chi connectivity index (χ3n) is 1.98. The number of nitrogens with zero attached hydrogens (tertiary/aromatic N) is 1. The van der Waals surface area contributed by atoms with Crippen LogP contribution in [-0.2, 0) is 0 Å². The van der Waals surface area contributed by atoms with Crippen molar-refractivity contribution < 1.29 is 4.79 Å². The van der Waals surface area contributed by atoms with Crippen molar-refractivity contribution in [3.8, 4) is 10.4 Å². The zero-order valence-electron chi connectivity index (χ0n) is 7.73. The van der Waals surface area contributed by atoms with E-state index in [0.29, 0.717) is 0 Å². The summed E-state index contributed by atoms with van der Waals surface area (Å²) < 4.78 is 4.19. The minimum absolute atomic E-state index is 0.719. The second-order valence-electron chi connectivity index (χ2n) is 3.04. The number of rotatable bonds is 2. The molecule has 0 aliphatic heterocycles. The SMILES string of the molecule is Cc1cc(-c2ccccc2C=O)sn1. The van der Waals surface area contributed by atoms with Crippen LogP contribution in [0, 0.1) is 6.92 Å². The molecule has 0 unspecified atom stereocenters. The lowest BCUT2D eigenvalue weighted by molar-refractivity contribution is 0.112. The Morgan fingerprint density at radius 2 is 2.14 bits per heavy atom. The van der Waals surface area contributed by atoms with Crippen molar-refractivity contribution in [3.63, 3.8) is 0 Å². The van der Waals surface area contributed by atoms with Crippen LogP contribution in [0.5, 0.6) is 0 Å². The zero-order valence-corrected chi connectivity index (χ0v) is 8.54. The third-order valence-corrected chi connectivity index (χ3v) is 2.89. The highest BCUT2D eigenvalue weighted by Crippen LogP contribution is 2.26. The van der Waals surface area contributed by atoms with Crippen LogP contribution >= 0.6 is 11.5 Å². The predicted octanol–water partition coefficient (Wildman–Crippen LogP) is 2.93. The van der Waals surface area contributed by atoms with Crippen molar-refractivity contribution in [2.24, 2.45) is 0 Å². The first-order valence-corrected chi connectivity index (χ1v) is 5.06. The van der Waals surface area contributed by atoms with Gasteiger partial charge in [0.05, 0.1) is 10.6 Å². The van der Waals surface area contributed by atoms with Gasteiger partial charge in [-0.1, -0.05) is 24.3 Å². The maximum Gasteiger partial charge on any atom is 0.150 e. The molecule has 0 N–H and O–H groups in total. The minimum Gasteiger partial charge on any atom is -0.298 e. The van der Waals surface area contributed by atoms with Gasteiger partial charge in [0.15, 0.2) is 6.29 Å². The first kappa shape index (κ1) is 9.09. The van der Waals surface area contributed by atoms with E-state index in [1.165, 1.54) is 11.5 Å². The number of aromatic nitrogens is 1. The first-order valence-electron chi connectivity index (χ1n) is 4.29. The summed E-state index contributed by atoms with van der Waals surface area (Å²) in [6.45, 7) is 1.95. The number of carbonyl (C=O) groups is 1. The Morgan fingerprint density at radius 3 is 2.79 bits per heavy atom. The molecule has 3 heteroatoms. The van der Waals surface area contributed by atoms with Gasteiger partial charge in [-0.2, -0.15) is 4.37 Å². The van der Waals surface area contributed by atoms with E-state index in [4.69, 9.17) is 0 Å². The van der Waals surface area contributed by atoms with Crippen molar-refractivity contribution in [1.82, 2.24) is 4.37 Å². The molecule has 1 aromatic heterocycles. The van der Waals surface area contributed by atoms with Gasteiger partial charge in [-0.15, -0.1) is 0 Å². The summed E-state index contributed by atoms with van der Waals surface area (Å²) in [6.07, 6.45) is 0.879. The fraction of sp³-hybridized carbons (Fsp3) is 0.0909. The van der Waals surface area contributed by atoms with Crippen LogP contribution in [0.25, 0.3) is 10.4 Å². The summed E-state index contributed by atoms with van der Waals surface area (Å²) in [5.41, 5.74) is 2.68. The van der Waals surface area contributed by atoms with Crippen LogP contribution in [0.1, 0.15) is 16.1 Å². The standard InChI is InChI=1S/C11H9NOS/c1-8-6-11(14-12-8)10-5-3-2-4-9(10)7-13/h2-7H,1H3. The highest BCUT2D eigenvalue weighted by Gasteiger charge is 2.05. The smallest absolute Gasteiger partial charge is 0.150 e. The molecule has 0 saturated heterocycles. The van der Waals surface area contributed by atoms with Gasteiger partial charge in [-0.25, -0.2) is 0 Å². The molecule has 2 aromatic rings. The Morgan fingerprint density at radius 1 is 1.36 bits per heavy atom. The van der Waals surface area contributed by atoms with E-state index in [1.807, 2.05) is 37.3 Å². The number of benzene rings is 1. The van der Waals surface area contributed by atoms with Gasteiger partial charge in [-0.3, -0.25) is 4.79 Å². The lowest BCUT2D eigenvalue weighted by atomic mass is 10.1. The summed E-state index contributed by atoms with van der Waals surface area (Å²) in [5, 5.41) is 0. The second-order valence-corrected chi connectivity index (χ2v) is 3.84. The van der Waals surface area contributed by atoms with Gasteiger partial charge in [0.25, 0.3) is 0 Å². The topological polar surface area (TPSA) is 30.0 Å². The Hall–Kier alpha value is -1.48. The molecule has 14 heavy (non-hydrogen) atoms. The minimum atomic E-state index is 0.719. The highest BCUT2D eigenvalue weighted by molar-refractivity contribution is 7.09. The van der Waals surface area contributed by atoms with Gasteiger partial charge >= 0.3 is 0 Å². The Balaban J connectivity index is 2.55. The Bertz CT molecular complexity index is 462. The molecule has 0 bridgehead atoms. The van der Waals surface area contributed by atoms with Crippen molar-refractivity contribution in [2.45, 2.75) is 6.92 Å². The van der Waals surface area contributed by atoms with E-state index in [1.54, 1.807) is 0 Å². The van der Waals surface area contributed by atoms with E-state index in [2.05, 4.69) is 4.37 Å². The second kappa shape index (κ2) is 3.72. The Kier molecular flexibility index (Phi) is 2.41. The van der Waals surface area contributed by atoms with Crippen LogP contribution in [0.2, 0.25) is 0 Å². The predicted molar refractivity (Wildman–Crippen MR) is 57.7 cm³/mol. The van der Waals surface area contributed by atoms with Crippen molar-refractivity contribution in [2.75, 3.05) is 0 Å². The molecule has 0 amide bonds.